The summed E-state index contributed by atoms with van der Waals surface area (Å²) in [5.74, 6) is -1.95. The molecule has 0 spiro atoms. The molecular weight excluding hydrogens is 382 g/mol. The Morgan fingerprint density at radius 3 is 2.40 bits per heavy atom. The average molecular weight is 409 g/mol. The lowest BCUT2D eigenvalue weighted by Crippen LogP contribution is -2.56. The summed E-state index contributed by atoms with van der Waals surface area (Å²) >= 11 is 0. The number of rotatable bonds is 5. The molecule has 3 atom stereocenters. The summed E-state index contributed by atoms with van der Waals surface area (Å²) in [5, 5.41) is 13.8. The average Bonchev–Trinajstić information content (AvgIpc) is 2.83. The molecule has 3 N–H and O–H groups in total. The van der Waals surface area contributed by atoms with Crippen molar-refractivity contribution in [2.45, 2.75) is 51.7 Å². The lowest BCUT2D eigenvalue weighted by Gasteiger charge is -2.28. The van der Waals surface area contributed by atoms with Gasteiger partial charge in [-0.1, -0.05) is 49.4 Å². The quantitative estimate of drug-likeness (QED) is 0.707. The maximum Gasteiger partial charge on any atom is 0.261 e. The predicted molar refractivity (Wildman–Crippen MR) is 114 cm³/mol. The van der Waals surface area contributed by atoms with E-state index < -0.39 is 29.4 Å². The van der Waals surface area contributed by atoms with Crippen LogP contribution in [-0.4, -0.2) is 34.5 Å². The first-order chi connectivity index (χ1) is 14.2. The number of amides is 3. The van der Waals surface area contributed by atoms with Crippen LogP contribution in [0.15, 0.2) is 48.5 Å². The second-order valence-electron chi connectivity index (χ2n) is 7.80. The number of hydrazine groups is 1. The SMILES string of the molecule is CCC(C)(O)C(=O)N[C@@H](C)C(=O)NN1C(=O)C(C)c2ccccc2-c2ccccc21. The van der Waals surface area contributed by atoms with Gasteiger partial charge in [-0.25, -0.2) is 5.01 Å². The molecule has 3 rings (SSSR count). The molecule has 0 radical (unpaired) electrons. The molecule has 0 fully saturated rings. The lowest BCUT2D eigenvalue weighted by atomic mass is 9.92. The Morgan fingerprint density at radius 1 is 1.13 bits per heavy atom. The smallest absolute Gasteiger partial charge is 0.261 e. The minimum Gasteiger partial charge on any atom is -0.380 e. The van der Waals surface area contributed by atoms with Crippen LogP contribution in [-0.2, 0) is 14.4 Å². The molecule has 0 aliphatic carbocycles. The second-order valence-corrected chi connectivity index (χ2v) is 7.80. The van der Waals surface area contributed by atoms with E-state index in [2.05, 4.69) is 10.7 Å². The van der Waals surface area contributed by atoms with E-state index in [-0.39, 0.29) is 12.3 Å². The molecule has 0 saturated carbocycles. The molecule has 2 unspecified atom stereocenters. The summed E-state index contributed by atoms with van der Waals surface area (Å²) in [6.45, 7) is 6.37. The highest BCUT2D eigenvalue weighted by atomic mass is 16.3. The van der Waals surface area contributed by atoms with Crippen LogP contribution < -0.4 is 15.8 Å². The molecule has 0 aromatic heterocycles. The van der Waals surface area contributed by atoms with Crippen LogP contribution >= 0.6 is 0 Å². The van der Waals surface area contributed by atoms with Gasteiger partial charge in [-0.2, -0.15) is 0 Å². The maximum absolute atomic E-state index is 13.2. The minimum atomic E-state index is -1.57. The normalized spacial score (nSPS) is 18.4. The number of aliphatic hydroxyl groups is 1. The van der Waals surface area contributed by atoms with E-state index >= 15 is 0 Å². The van der Waals surface area contributed by atoms with Crippen LogP contribution in [0.2, 0.25) is 0 Å². The van der Waals surface area contributed by atoms with E-state index in [1.165, 1.54) is 18.9 Å². The molecule has 1 aliphatic heterocycles. The van der Waals surface area contributed by atoms with Gasteiger partial charge in [0.2, 0.25) is 0 Å². The van der Waals surface area contributed by atoms with Gasteiger partial charge in [0, 0.05) is 5.56 Å². The van der Waals surface area contributed by atoms with Crippen molar-refractivity contribution in [3.63, 3.8) is 0 Å². The van der Waals surface area contributed by atoms with Gasteiger partial charge in [0.1, 0.15) is 11.6 Å². The van der Waals surface area contributed by atoms with Gasteiger partial charge in [0.05, 0.1) is 11.6 Å². The zero-order valence-electron chi connectivity index (χ0n) is 17.6. The molecule has 0 saturated heterocycles. The molecule has 7 nitrogen and oxygen atoms in total. The maximum atomic E-state index is 13.2. The van der Waals surface area contributed by atoms with Crippen molar-refractivity contribution in [1.29, 1.82) is 0 Å². The van der Waals surface area contributed by atoms with Crippen LogP contribution in [0.1, 0.15) is 45.6 Å². The zero-order chi connectivity index (χ0) is 22.1. The number of nitrogens with zero attached hydrogens (tertiary/aromatic N) is 1. The van der Waals surface area contributed by atoms with Gasteiger partial charge >= 0.3 is 0 Å². The summed E-state index contributed by atoms with van der Waals surface area (Å²) in [5.41, 5.74) is 4.29. The van der Waals surface area contributed by atoms with Crippen molar-refractivity contribution < 1.29 is 19.5 Å². The summed E-state index contributed by atoms with van der Waals surface area (Å²) in [4.78, 5) is 38.2. The highest BCUT2D eigenvalue weighted by Gasteiger charge is 2.34. The van der Waals surface area contributed by atoms with Gasteiger partial charge in [-0.15, -0.1) is 0 Å². The van der Waals surface area contributed by atoms with Crippen molar-refractivity contribution in [3.05, 3.63) is 54.1 Å². The summed E-state index contributed by atoms with van der Waals surface area (Å²) in [6, 6.07) is 14.1. The van der Waals surface area contributed by atoms with Crippen molar-refractivity contribution in [3.8, 4) is 11.1 Å². The molecule has 1 aliphatic rings. The molecule has 2 aromatic rings. The molecule has 3 amide bonds. The van der Waals surface area contributed by atoms with Crippen LogP contribution in [0.4, 0.5) is 5.69 Å². The zero-order valence-corrected chi connectivity index (χ0v) is 17.6. The fraction of sp³-hybridized carbons (Fsp3) is 0.348. The number of hydrogen-bond acceptors (Lipinski definition) is 4. The summed E-state index contributed by atoms with van der Waals surface area (Å²) in [6.07, 6.45) is 0.209. The number of benzene rings is 2. The number of nitrogens with one attached hydrogen (secondary N) is 2. The van der Waals surface area contributed by atoms with Gasteiger partial charge in [-0.3, -0.25) is 19.8 Å². The standard InChI is InChI=1S/C23H27N3O4/c1-5-23(4,30)22(29)24-15(3)20(27)25-26-19-13-9-8-12-18(19)17-11-7-6-10-16(17)14(2)21(26)28/h6-15,30H,5H2,1-4H3,(H,24,29)(H,25,27)/t14?,15-,23?/m0/s1. The predicted octanol–water partition coefficient (Wildman–Crippen LogP) is 2.50. The number of carbonyl (C=O) groups is 3. The van der Waals surface area contributed by atoms with Gasteiger partial charge in [0.15, 0.2) is 0 Å². The number of carbonyl (C=O) groups excluding carboxylic acids is 3. The Hall–Kier alpha value is -3.19. The third kappa shape index (κ3) is 3.93. The van der Waals surface area contributed by atoms with E-state index in [4.69, 9.17) is 0 Å². The number of fused-ring (bicyclic) bond motifs is 3. The first-order valence-corrected chi connectivity index (χ1v) is 10.0. The highest BCUT2D eigenvalue weighted by Crippen LogP contribution is 2.39. The lowest BCUT2D eigenvalue weighted by molar-refractivity contribution is -0.141. The van der Waals surface area contributed by atoms with E-state index in [9.17, 15) is 19.5 Å². The van der Waals surface area contributed by atoms with Crippen LogP contribution in [0.3, 0.4) is 0 Å². The number of hydrogen-bond donors (Lipinski definition) is 3. The highest BCUT2D eigenvalue weighted by molar-refractivity contribution is 6.06. The first kappa shape index (κ1) is 21.5. The van der Waals surface area contributed by atoms with Crippen molar-refractivity contribution in [2.75, 3.05) is 5.01 Å². The molecular formula is C23H27N3O4. The van der Waals surface area contributed by atoms with Crippen molar-refractivity contribution in [2.24, 2.45) is 0 Å². The monoisotopic (exact) mass is 409 g/mol. The third-order valence-corrected chi connectivity index (χ3v) is 5.59. The number of para-hydroxylation sites is 1. The molecule has 1 heterocycles. The van der Waals surface area contributed by atoms with Crippen LogP contribution in [0.5, 0.6) is 0 Å². The van der Waals surface area contributed by atoms with Crippen molar-refractivity contribution in [1.82, 2.24) is 10.7 Å². The van der Waals surface area contributed by atoms with E-state index in [1.807, 2.05) is 36.4 Å². The Morgan fingerprint density at radius 2 is 1.73 bits per heavy atom. The fourth-order valence-corrected chi connectivity index (χ4v) is 3.36. The Balaban J connectivity index is 1.90. The molecule has 0 bridgehead atoms. The van der Waals surface area contributed by atoms with Crippen molar-refractivity contribution >= 4 is 23.4 Å². The topological polar surface area (TPSA) is 98.7 Å². The van der Waals surface area contributed by atoms with E-state index in [0.717, 1.165) is 16.7 Å². The third-order valence-electron chi connectivity index (χ3n) is 5.59. The Kier molecular flexibility index (Phi) is 5.94. The van der Waals surface area contributed by atoms with Gasteiger partial charge in [0.25, 0.3) is 17.7 Å². The van der Waals surface area contributed by atoms with Gasteiger partial charge < -0.3 is 10.4 Å². The van der Waals surface area contributed by atoms with Crippen LogP contribution in [0.25, 0.3) is 11.1 Å². The van der Waals surface area contributed by atoms with Gasteiger partial charge in [-0.05, 0) is 44.4 Å². The first-order valence-electron chi connectivity index (χ1n) is 10.0. The Bertz CT molecular complexity index is 986. The van der Waals surface area contributed by atoms with Crippen LogP contribution in [0, 0.1) is 0 Å². The number of anilines is 1. The molecule has 7 heteroatoms. The Labute approximate surface area is 176 Å². The summed E-state index contributed by atoms with van der Waals surface area (Å²) in [7, 11) is 0. The second kappa shape index (κ2) is 8.28. The minimum absolute atomic E-state index is 0.209. The fourth-order valence-electron chi connectivity index (χ4n) is 3.36. The van der Waals surface area contributed by atoms with E-state index in [1.54, 1.807) is 26.0 Å². The molecule has 30 heavy (non-hydrogen) atoms. The van der Waals surface area contributed by atoms with E-state index in [0.29, 0.717) is 5.69 Å². The molecule has 158 valence electrons. The molecule has 2 aromatic carbocycles. The summed E-state index contributed by atoms with van der Waals surface area (Å²) < 4.78 is 0. The largest absolute Gasteiger partial charge is 0.380 e.